The van der Waals surface area contributed by atoms with Crippen molar-refractivity contribution in [2.75, 3.05) is 53.7 Å². The van der Waals surface area contributed by atoms with E-state index in [2.05, 4.69) is 10.2 Å². The Morgan fingerprint density at radius 3 is 2.61 bits per heavy atom. The fourth-order valence-electron chi connectivity index (χ4n) is 4.26. The summed E-state index contributed by atoms with van der Waals surface area (Å²) in [6.07, 6.45) is 0.674. The zero-order valence-electron chi connectivity index (χ0n) is 19.3. The Hall–Kier alpha value is -2.94. The minimum absolute atomic E-state index is 0.173. The number of fused-ring (bicyclic) bond motifs is 1. The summed E-state index contributed by atoms with van der Waals surface area (Å²) in [4.78, 5) is 15.7. The van der Waals surface area contributed by atoms with Crippen molar-refractivity contribution in [2.45, 2.75) is 19.0 Å². The van der Waals surface area contributed by atoms with Crippen LogP contribution in [-0.4, -0.2) is 80.3 Å². The molecule has 0 spiro atoms. The molecule has 176 valence electrons. The Bertz CT molecular complexity index is 1050. The van der Waals surface area contributed by atoms with Gasteiger partial charge in [-0.05, 0) is 24.1 Å². The minimum atomic E-state index is -0.229. The molecule has 8 heteroatoms. The second kappa shape index (κ2) is 11.3. The van der Waals surface area contributed by atoms with Crippen molar-refractivity contribution in [3.63, 3.8) is 0 Å². The lowest BCUT2D eigenvalue weighted by atomic mass is 10.1. The standard InChI is InChI=1S/C25H32N4O4/c1-31-18-20(17-19-7-4-3-5-8-19)26-25(30)24-23-21(9-6-10-22(23)32-2)29(27-24)12-11-28-13-15-33-16-14-28/h3-10,20H,11-18H2,1-2H3,(H,26,30)/t20-/m0/s1. The predicted molar refractivity (Wildman–Crippen MR) is 127 cm³/mol. The summed E-state index contributed by atoms with van der Waals surface area (Å²) in [6, 6.07) is 15.7. The first-order valence-corrected chi connectivity index (χ1v) is 11.4. The van der Waals surface area contributed by atoms with Crippen molar-refractivity contribution in [2.24, 2.45) is 0 Å². The monoisotopic (exact) mass is 452 g/mol. The molecule has 1 aliphatic heterocycles. The van der Waals surface area contributed by atoms with Crippen molar-refractivity contribution in [1.29, 1.82) is 0 Å². The molecule has 1 saturated heterocycles. The SMILES string of the molecule is COC[C@H](Cc1ccccc1)NC(=O)c1nn(CCN2CCOCC2)c2cccc(OC)c12. The van der Waals surface area contributed by atoms with Gasteiger partial charge in [0.2, 0.25) is 0 Å². The third-order valence-corrected chi connectivity index (χ3v) is 5.93. The van der Waals surface area contributed by atoms with Gasteiger partial charge in [0, 0.05) is 26.7 Å². The van der Waals surface area contributed by atoms with E-state index in [0.29, 0.717) is 31.0 Å². The molecule has 0 saturated carbocycles. The predicted octanol–water partition coefficient (Wildman–Crippen LogP) is 2.36. The van der Waals surface area contributed by atoms with Gasteiger partial charge < -0.3 is 19.5 Å². The number of nitrogens with zero attached hydrogens (tertiary/aromatic N) is 3. The highest BCUT2D eigenvalue weighted by Crippen LogP contribution is 2.29. The minimum Gasteiger partial charge on any atom is -0.496 e. The van der Waals surface area contributed by atoms with Gasteiger partial charge in [0.1, 0.15) is 5.75 Å². The van der Waals surface area contributed by atoms with Crippen LogP contribution in [0.1, 0.15) is 16.1 Å². The van der Waals surface area contributed by atoms with Gasteiger partial charge in [0.05, 0.1) is 50.4 Å². The van der Waals surface area contributed by atoms with Crippen LogP contribution in [0, 0.1) is 0 Å². The number of morpholine rings is 1. The van der Waals surface area contributed by atoms with Crippen LogP contribution in [0.5, 0.6) is 5.75 Å². The molecule has 2 aromatic carbocycles. The molecule has 33 heavy (non-hydrogen) atoms. The number of benzene rings is 2. The number of hydrogen-bond donors (Lipinski definition) is 1. The lowest BCUT2D eigenvalue weighted by molar-refractivity contribution is 0.0361. The lowest BCUT2D eigenvalue weighted by Crippen LogP contribution is -2.40. The first kappa shape index (κ1) is 23.2. The van der Waals surface area contributed by atoms with E-state index in [9.17, 15) is 4.79 Å². The molecule has 4 rings (SSSR count). The number of amides is 1. The fourth-order valence-corrected chi connectivity index (χ4v) is 4.26. The van der Waals surface area contributed by atoms with E-state index in [1.165, 1.54) is 0 Å². The molecule has 1 amide bonds. The van der Waals surface area contributed by atoms with Crippen LogP contribution < -0.4 is 10.1 Å². The van der Waals surface area contributed by atoms with Crippen molar-refractivity contribution in [3.8, 4) is 5.75 Å². The number of ether oxygens (including phenoxy) is 3. The van der Waals surface area contributed by atoms with Gasteiger partial charge in [0.25, 0.3) is 5.91 Å². The van der Waals surface area contributed by atoms with Gasteiger partial charge in [-0.1, -0.05) is 36.4 Å². The Labute approximate surface area is 194 Å². The van der Waals surface area contributed by atoms with E-state index < -0.39 is 0 Å². The van der Waals surface area contributed by atoms with Crippen LogP contribution in [0.15, 0.2) is 48.5 Å². The topological polar surface area (TPSA) is 77.9 Å². The second-order valence-corrected chi connectivity index (χ2v) is 8.20. The van der Waals surface area contributed by atoms with E-state index in [0.717, 1.165) is 49.3 Å². The Kier molecular flexibility index (Phi) is 7.93. The third-order valence-electron chi connectivity index (χ3n) is 5.93. The number of carbonyl (C=O) groups is 1. The normalized spacial score (nSPS) is 15.5. The molecule has 0 radical (unpaired) electrons. The summed E-state index contributed by atoms with van der Waals surface area (Å²) in [5.74, 6) is 0.411. The molecular weight excluding hydrogens is 420 g/mol. The molecule has 1 fully saturated rings. The lowest BCUT2D eigenvalue weighted by Gasteiger charge is -2.26. The fraction of sp³-hybridized carbons (Fsp3) is 0.440. The van der Waals surface area contributed by atoms with Crippen LogP contribution in [-0.2, 0) is 22.4 Å². The maximum Gasteiger partial charge on any atom is 0.272 e. The molecule has 1 aliphatic rings. The van der Waals surface area contributed by atoms with Gasteiger partial charge in [-0.15, -0.1) is 0 Å². The molecule has 0 bridgehead atoms. The smallest absolute Gasteiger partial charge is 0.272 e. The first-order valence-electron chi connectivity index (χ1n) is 11.4. The van der Waals surface area contributed by atoms with E-state index in [4.69, 9.17) is 19.3 Å². The average Bonchev–Trinajstić information content (AvgIpc) is 3.23. The Balaban J connectivity index is 1.57. The molecule has 0 unspecified atom stereocenters. The van der Waals surface area contributed by atoms with Crippen LogP contribution in [0.25, 0.3) is 10.9 Å². The van der Waals surface area contributed by atoms with Crippen molar-refractivity contribution in [1.82, 2.24) is 20.0 Å². The molecule has 1 atom stereocenters. The largest absolute Gasteiger partial charge is 0.496 e. The van der Waals surface area contributed by atoms with Gasteiger partial charge in [-0.3, -0.25) is 14.4 Å². The van der Waals surface area contributed by atoms with Crippen molar-refractivity contribution < 1.29 is 19.0 Å². The molecule has 0 aliphatic carbocycles. The number of hydrogen-bond acceptors (Lipinski definition) is 6. The number of aromatic nitrogens is 2. The molecule has 2 heterocycles. The van der Waals surface area contributed by atoms with Gasteiger partial charge in [0.15, 0.2) is 5.69 Å². The summed E-state index contributed by atoms with van der Waals surface area (Å²) in [5.41, 5.74) is 2.40. The summed E-state index contributed by atoms with van der Waals surface area (Å²) in [5, 5.41) is 8.58. The summed E-state index contributed by atoms with van der Waals surface area (Å²) in [7, 11) is 3.26. The van der Waals surface area contributed by atoms with Gasteiger partial charge >= 0.3 is 0 Å². The Morgan fingerprint density at radius 1 is 1.09 bits per heavy atom. The number of rotatable bonds is 10. The summed E-state index contributed by atoms with van der Waals surface area (Å²) in [6.45, 7) is 5.27. The van der Waals surface area contributed by atoms with Crippen LogP contribution >= 0.6 is 0 Å². The number of methoxy groups -OCH3 is 2. The maximum absolute atomic E-state index is 13.4. The molecular formula is C25H32N4O4. The molecule has 3 aromatic rings. The van der Waals surface area contributed by atoms with Crippen LogP contribution in [0.3, 0.4) is 0 Å². The average molecular weight is 453 g/mol. The maximum atomic E-state index is 13.4. The molecule has 1 N–H and O–H groups in total. The molecule has 8 nitrogen and oxygen atoms in total. The number of nitrogens with one attached hydrogen (secondary N) is 1. The highest BCUT2D eigenvalue weighted by atomic mass is 16.5. The van der Waals surface area contributed by atoms with Crippen LogP contribution in [0.2, 0.25) is 0 Å². The molecule has 1 aromatic heterocycles. The highest BCUT2D eigenvalue weighted by molar-refractivity contribution is 6.07. The van der Waals surface area contributed by atoms with Crippen molar-refractivity contribution in [3.05, 3.63) is 59.8 Å². The highest BCUT2D eigenvalue weighted by Gasteiger charge is 2.23. The van der Waals surface area contributed by atoms with Gasteiger partial charge in [-0.25, -0.2) is 0 Å². The first-order chi connectivity index (χ1) is 16.2. The quantitative estimate of drug-likeness (QED) is 0.509. The zero-order valence-corrected chi connectivity index (χ0v) is 19.3. The van der Waals surface area contributed by atoms with E-state index >= 15 is 0 Å². The summed E-state index contributed by atoms with van der Waals surface area (Å²) < 4.78 is 18.3. The Morgan fingerprint density at radius 2 is 1.88 bits per heavy atom. The number of carbonyl (C=O) groups excluding carboxylic acids is 1. The summed E-state index contributed by atoms with van der Waals surface area (Å²) >= 11 is 0. The second-order valence-electron chi connectivity index (χ2n) is 8.20. The van der Waals surface area contributed by atoms with E-state index in [1.54, 1.807) is 14.2 Å². The third kappa shape index (κ3) is 5.71. The van der Waals surface area contributed by atoms with Gasteiger partial charge in [-0.2, -0.15) is 5.10 Å². The zero-order chi connectivity index (χ0) is 23.0. The van der Waals surface area contributed by atoms with Crippen LogP contribution in [0.4, 0.5) is 0 Å². The van der Waals surface area contributed by atoms with E-state index in [1.807, 2.05) is 53.2 Å². The van der Waals surface area contributed by atoms with E-state index in [-0.39, 0.29) is 11.9 Å². The van der Waals surface area contributed by atoms with Crippen molar-refractivity contribution >= 4 is 16.8 Å².